The molecule has 0 aliphatic heterocycles. The van der Waals surface area contributed by atoms with Crippen LogP contribution in [0, 0.1) is 0 Å². The molecule has 3 aromatic carbocycles. The van der Waals surface area contributed by atoms with Gasteiger partial charge >= 0.3 is 18.5 Å². The van der Waals surface area contributed by atoms with E-state index in [1.807, 2.05) is 36.4 Å². The summed E-state index contributed by atoms with van der Waals surface area (Å²) in [5.74, 6) is 1.05. The smallest absolute Gasteiger partial charge is 0.434 e. The molecular formula is C27H27O9S+. The molecule has 9 nitrogen and oxygen atoms in total. The van der Waals surface area contributed by atoms with Crippen LogP contribution in [0.3, 0.4) is 0 Å². The Labute approximate surface area is 217 Å². The van der Waals surface area contributed by atoms with E-state index in [9.17, 15) is 14.4 Å². The van der Waals surface area contributed by atoms with Gasteiger partial charge in [0.15, 0.2) is 14.7 Å². The first-order chi connectivity index (χ1) is 17.9. The third-order valence-corrected chi connectivity index (χ3v) is 6.80. The molecule has 0 fully saturated rings. The molecule has 0 radical (unpaired) electrons. The van der Waals surface area contributed by atoms with Gasteiger partial charge < -0.3 is 28.4 Å². The molecule has 10 heteroatoms. The molecule has 0 saturated heterocycles. The molecule has 0 amide bonds. The van der Waals surface area contributed by atoms with Crippen LogP contribution in [0.15, 0.2) is 87.5 Å². The fourth-order valence-corrected chi connectivity index (χ4v) is 5.11. The van der Waals surface area contributed by atoms with Crippen molar-refractivity contribution in [2.24, 2.45) is 0 Å². The minimum atomic E-state index is -0.774. The normalized spacial score (nSPS) is 10.4. The van der Waals surface area contributed by atoms with Crippen molar-refractivity contribution in [1.29, 1.82) is 0 Å². The summed E-state index contributed by atoms with van der Waals surface area (Å²) >= 11 is 0. The number of ether oxygens (including phenoxy) is 6. The molecule has 0 aliphatic carbocycles. The largest absolute Gasteiger partial charge is 0.513 e. The van der Waals surface area contributed by atoms with Crippen LogP contribution in [0.1, 0.15) is 20.8 Å². The van der Waals surface area contributed by atoms with E-state index in [1.54, 1.807) is 57.2 Å². The number of hydrogen-bond donors (Lipinski definition) is 0. The van der Waals surface area contributed by atoms with Crippen LogP contribution in [-0.2, 0) is 25.1 Å². The summed E-state index contributed by atoms with van der Waals surface area (Å²) in [4.78, 5) is 37.7. The summed E-state index contributed by atoms with van der Waals surface area (Å²) in [6, 6.07) is 21.2. The number of benzene rings is 3. The summed E-state index contributed by atoms with van der Waals surface area (Å²) in [7, 11) is -0.603. The van der Waals surface area contributed by atoms with E-state index in [2.05, 4.69) is 0 Å². The highest BCUT2D eigenvalue weighted by Gasteiger charge is 2.29. The second-order valence-electron chi connectivity index (χ2n) is 7.08. The van der Waals surface area contributed by atoms with Crippen molar-refractivity contribution in [2.75, 3.05) is 19.8 Å². The van der Waals surface area contributed by atoms with Crippen molar-refractivity contribution in [3.05, 3.63) is 72.8 Å². The van der Waals surface area contributed by atoms with Crippen LogP contribution in [-0.4, -0.2) is 38.3 Å². The van der Waals surface area contributed by atoms with Gasteiger partial charge in [-0.25, -0.2) is 14.4 Å². The van der Waals surface area contributed by atoms with Gasteiger partial charge in [-0.3, -0.25) is 0 Å². The minimum Gasteiger partial charge on any atom is -0.434 e. The van der Waals surface area contributed by atoms with Crippen molar-refractivity contribution in [3.63, 3.8) is 0 Å². The summed E-state index contributed by atoms with van der Waals surface area (Å²) in [6.45, 7) is 5.73. The van der Waals surface area contributed by atoms with E-state index >= 15 is 0 Å². The Hall–Kier alpha value is -4.18. The number of rotatable bonds is 9. The van der Waals surface area contributed by atoms with E-state index < -0.39 is 29.4 Å². The molecule has 194 valence electrons. The molecular weight excluding hydrogens is 500 g/mol. The van der Waals surface area contributed by atoms with Gasteiger partial charge in [0.1, 0.15) is 17.2 Å². The topological polar surface area (TPSA) is 107 Å². The van der Waals surface area contributed by atoms with Crippen molar-refractivity contribution in [2.45, 2.75) is 35.5 Å². The van der Waals surface area contributed by atoms with Gasteiger partial charge in [-0.15, -0.1) is 0 Å². The Morgan fingerprint density at radius 2 is 0.730 bits per heavy atom. The highest BCUT2D eigenvalue weighted by Crippen LogP contribution is 2.34. The zero-order chi connectivity index (χ0) is 26.6. The lowest BCUT2D eigenvalue weighted by Crippen LogP contribution is -2.11. The van der Waals surface area contributed by atoms with Gasteiger partial charge in [-0.2, -0.15) is 0 Å². The highest BCUT2D eigenvalue weighted by atomic mass is 32.2. The molecule has 0 aliphatic rings. The van der Waals surface area contributed by atoms with Crippen molar-refractivity contribution >= 4 is 29.4 Å². The maximum absolute atomic E-state index is 11.6. The monoisotopic (exact) mass is 527 g/mol. The van der Waals surface area contributed by atoms with E-state index in [1.165, 1.54) is 0 Å². The average Bonchev–Trinajstić information content (AvgIpc) is 2.88. The highest BCUT2D eigenvalue weighted by molar-refractivity contribution is 7.97. The zero-order valence-corrected chi connectivity index (χ0v) is 21.4. The second kappa shape index (κ2) is 13.8. The maximum Gasteiger partial charge on any atom is 0.513 e. The van der Waals surface area contributed by atoms with E-state index in [0.717, 1.165) is 14.7 Å². The predicted octanol–water partition coefficient (Wildman–Crippen LogP) is 6.39. The van der Waals surface area contributed by atoms with Gasteiger partial charge in [0, 0.05) is 0 Å². The summed E-state index contributed by atoms with van der Waals surface area (Å²) in [6.07, 6.45) is -2.32. The molecule has 0 N–H and O–H groups in total. The Balaban J connectivity index is 1.89. The Bertz CT molecular complexity index is 1030. The first-order valence-corrected chi connectivity index (χ1v) is 12.7. The number of carbonyl (C=O) groups excluding carboxylic acids is 3. The number of carbonyl (C=O) groups is 3. The van der Waals surface area contributed by atoms with Crippen LogP contribution in [0.2, 0.25) is 0 Å². The Morgan fingerprint density at radius 3 is 0.946 bits per heavy atom. The molecule has 3 rings (SSSR count). The van der Waals surface area contributed by atoms with Crippen molar-refractivity contribution in [3.8, 4) is 17.2 Å². The van der Waals surface area contributed by atoms with Gasteiger partial charge in [0.2, 0.25) is 0 Å². The number of hydrogen-bond acceptors (Lipinski definition) is 9. The van der Waals surface area contributed by atoms with Gasteiger partial charge in [0.25, 0.3) is 0 Å². The lowest BCUT2D eigenvalue weighted by atomic mass is 10.3. The van der Waals surface area contributed by atoms with Crippen LogP contribution < -0.4 is 14.2 Å². The van der Waals surface area contributed by atoms with Crippen LogP contribution >= 0.6 is 0 Å². The lowest BCUT2D eigenvalue weighted by molar-refractivity contribution is 0.103. The predicted molar refractivity (Wildman–Crippen MR) is 134 cm³/mol. The van der Waals surface area contributed by atoms with Crippen molar-refractivity contribution < 1.29 is 42.8 Å². The molecule has 0 bridgehead atoms. The fourth-order valence-electron chi connectivity index (χ4n) is 3.07. The van der Waals surface area contributed by atoms with Gasteiger partial charge in [-0.05, 0) is 93.6 Å². The lowest BCUT2D eigenvalue weighted by Gasteiger charge is -2.11. The minimum absolute atomic E-state index is 0.214. The van der Waals surface area contributed by atoms with Crippen LogP contribution in [0.4, 0.5) is 14.4 Å². The van der Waals surface area contributed by atoms with Crippen LogP contribution in [0.5, 0.6) is 17.2 Å². The molecule has 0 spiro atoms. The molecule has 0 aromatic heterocycles. The summed E-state index contributed by atoms with van der Waals surface area (Å²) < 4.78 is 30.0. The van der Waals surface area contributed by atoms with E-state index in [4.69, 9.17) is 28.4 Å². The first kappa shape index (κ1) is 27.4. The molecule has 37 heavy (non-hydrogen) atoms. The Morgan fingerprint density at radius 1 is 0.486 bits per heavy atom. The second-order valence-corrected chi connectivity index (χ2v) is 9.10. The fraction of sp³-hybridized carbons (Fsp3) is 0.222. The van der Waals surface area contributed by atoms with E-state index in [0.29, 0.717) is 17.2 Å². The van der Waals surface area contributed by atoms with Gasteiger partial charge in [-0.1, -0.05) is 0 Å². The molecule has 0 atom stereocenters. The van der Waals surface area contributed by atoms with Crippen LogP contribution in [0.25, 0.3) is 0 Å². The first-order valence-electron chi connectivity index (χ1n) is 11.5. The Kier molecular flexibility index (Phi) is 10.2. The van der Waals surface area contributed by atoms with Gasteiger partial charge in [0.05, 0.1) is 30.7 Å². The molecule has 0 unspecified atom stereocenters. The molecule has 0 heterocycles. The SMILES string of the molecule is CCOC(=O)Oc1ccc([S+](c2ccc(OC(=O)OCC)cc2)c2ccc(OC(=O)OCC)cc2)cc1. The van der Waals surface area contributed by atoms with Crippen molar-refractivity contribution in [1.82, 2.24) is 0 Å². The summed E-state index contributed by atoms with van der Waals surface area (Å²) in [5.41, 5.74) is 0. The maximum atomic E-state index is 11.6. The van der Waals surface area contributed by atoms with E-state index in [-0.39, 0.29) is 19.8 Å². The summed E-state index contributed by atoms with van der Waals surface area (Å²) in [5, 5.41) is 0. The third kappa shape index (κ3) is 8.18. The zero-order valence-electron chi connectivity index (χ0n) is 20.6. The molecule has 0 saturated carbocycles. The standard InChI is InChI=1S/C27H27O9S/c1-4-31-25(28)34-19-7-13-22(14-8-19)37(23-15-9-20(10-16-23)35-26(29)32-5-2)24-17-11-21(12-18-24)36-27(30)33-6-3/h7-18H,4-6H2,1-3H3/q+1. The third-order valence-electron chi connectivity index (χ3n) is 4.57. The quantitative estimate of drug-likeness (QED) is 0.135. The molecule has 3 aromatic rings. The average molecular weight is 528 g/mol.